The first-order chi connectivity index (χ1) is 12.6. The lowest BCUT2D eigenvalue weighted by molar-refractivity contribution is 0.0694. The van der Waals surface area contributed by atoms with Crippen molar-refractivity contribution in [2.75, 3.05) is 21.2 Å². The molecule has 2 aromatic rings. The molecule has 1 amide bonds. The lowest BCUT2D eigenvalue weighted by Crippen LogP contribution is -2.25. The molecule has 0 saturated carbocycles. The molecule has 0 bridgehead atoms. The molecule has 1 aromatic heterocycles. The van der Waals surface area contributed by atoms with Gasteiger partial charge >= 0.3 is 5.97 Å². The fourth-order valence-corrected chi connectivity index (χ4v) is 3.40. The van der Waals surface area contributed by atoms with Crippen LogP contribution in [0.3, 0.4) is 0 Å². The fraction of sp³-hybridized carbons (Fsp3) is 0.294. The molecular formula is C17H20N2O7S. The van der Waals surface area contributed by atoms with Crippen LogP contribution in [-0.4, -0.2) is 50.9 Å². The summed E-state index contributed by atoms with van der Waals surface area (Å²) in [6, 6.07) is 5.37. The van der Waals surface area contributed by atoms with Gasteiger partial charge in [-0.3, -0.25) is 4.79 Å². The van der Waals surface area contributed by atoms with Crippen molar-refractivity contribution in [1.82, 2.24) is 9.62 Å². The maximum Gasteiger partial charge on any atom is 0.339 e. The largest absolute Gasteiger partial charge is 0.495 e. The van der Waals surface area contributed by atoms with E-state index in [-0.39, 0.29) is 39.8 Å². The molecule has 10 heteroatoms. The highest BCUT2D eigenvalue weighted by molar-refractivity contribution is 7.89. The van der Waals surface area contributed by atoms with E-state index in [1.54, 1.807) is 0 Å². The SMILES string of the molecule is COc1ccc(C(=O)NCc2cc(C(=O)O)c(C)o2)cc1S(=O)(=O)N(C)C. The van der Waals surface area contributed by atoms with Gasteiger partial charge in [-0.05, 0) is 31.2 Å². The highest BCUT2D eigenvalue weighted by atomic mass is 32.2. The first-order valence-corrected chi connectivity index (χ1v) is 9.23. The Morgan fingerprint density at radius 1 is 1.26 bits per heavy atom. The van der Waals surface area contributed by atoms with Crippen LogP contribution in [0.15, 0.2) is 33.6 Å². The second kappa shape index (κ2) is 7.80. The number of carboxylic acids is 1. The summed E-state index contributed by atoms with van der Waals surface area (Å²) >= 11 is 0. The van der Waals surface area contributed by atoms with Gasteiger partial charge in [0.1, 0.15) is 27.7 Å². The van der Waals surface area contributed by atoms with E-state index in [0.717, 1.165) is 4.31 Å². The quantitative estimate of drug-likeness (QED) is 0.726. The van der Waals surface area contributed by atoms with E-state index in [1.807, 2.05) is 0 Å². The summed E-state index contributed by atoms with van der Waals surface area (Å²) in [7, 11) is 0.278. The number of aromatic carboxylic acids is 1. The van der Waals surface area contributed by atoms with Gasteiger partial charge in [0, 0.05) is 19.7 Å². The Morgan fingerprint density at radius 3 is 2.44 bits per heavy atom. The van der Waals surface area contributed by atoms with E-state index in [9.17, 15) is 18.0 Å². The number of aryl methyl sites for hydroxylation is 1. The number of amides is 1. The van der Waals surface area contributed by atoms with Gasteiger partial charge in [-0.25, -0.2) is 17.5 Å². The van der Waals surface area contributed by atoms with E-state index < -0.39 is 21.9 Å². The number of nitrogens with one attached hydrogen (secondary N) is 1. The Morgan fingerprint density at radius 2 is 1.93 bits per heavy atom. The molecule has 0 aliphatic carbocycles. The highest BCUT2D eigenvalue weighted by Crippen LogP contribution is 2.27. The molecular weight excluding hydrogens is 376 g/mol. The van der Waals surface area contributed by atoms with Crippen LogP contribution in [0.1, 0.15) is 32.2 Å². The number of benzene rings is 1. The van der Waals surface area contributed by atoms with E-state index in [0.29, 0.717) is 0 Å². The molecule has 146 valence electrons. The zero-order chi connectivity index (χ0) is 20.4. The number of sulfonamides is 1. The first kappa shape index (κ1) is 20.5. The molecule has 27 heavy (non-hydrogen) atoms. The number of hydrogen-bond acceptors (Lipinski definition) is 6. The number of nitrogens with zero attached hydrogens (tertiary/aromatic N) is 1. The van der Waals surface area contributed by atoms with Gasteiger partial charge in [0.15, 0.2) is 0 Å². The lowest BCUT2D eigenvalue weighted by atomic mass is 10.2. The van der Waals surface area contributed by atoms with Gasteiger partial charge in [0.25, 0.3) is 5.91 Å². The number of hydrogen-bond donors (Lipinski definition) is 2. The molecule has 0 atom stereocenters. The third-order valence-electron chi connectivity index (χ3n) is 3.81. The fourth-order valence-electron chi connectivity index (χ4n) is 2.33. The van der Waals surface area contributed by atoms with Gasteiger partial charge in [-0.1, -0.05) is 0 Å². The number of carbonyl (C=O) groups excluding carboxylic acids is 1. The minimum absolute atomic E-state index is 0.0167. The smallest absolute Gasteiger partial charge is 0.339 e. The van der Waals surface area contributed by atoms with Crippen LogP contribution in [0.4, 0.5) is 0 Å². The van der Waals surface area contributed by atoms with Crippen molar-refractivity contribution in [2.45, 2.75) is 18.4 Å². The normalized spacial score (nSPS) is 11.4. The third-order valence-corrected chi connectivity index (χ3v) is 5.64. The predicted molar refractivity (Wildman–Crippen MR) is 95.4 cm³/mol. The van der Waals surface area contributed by atoms with Crippen LogP contribution in [0.5, 0.6) is 5.75 Å². The number of carboxylic acid groups (broad SMARTS) is 1. The second-order valence-electron chi connectivity index (χ2n) is 5.82. The summed E-state index contributed by atoms with van der Waals surface area (Å²) in [6.45, 7) is 1.46. The number of furan rings is 1. The summed E-state index contributed by atoms with van der Waals surface area (Å²) in [6.07, 6.45) is 0. The van der Waals surface area contributed by atoms with E-state index in [2.05, 4.69) is 5.32 Å². The van der Waals surface area contributed by atoms with Crippen molar-refractivity contribution in [3.8, 4) is 5.75 Å². The average molecular weight is 396 g/mol. The van der Waals surface area contributed by atoms with Crippen LogP contribution in [0, 0.1) is 6.92 Å². The number of carbonyl (C=O) groups is 2. The van der Waals surface area contributed by atoms with Crippen LogP contribution in [0.2, 0.25) is 0 Å². The topological polar surface area (TPSA) is 126 Å². The molecule has 1 aromatic carbocycles. The molecule has 2 rings (SSSR count). The summed E-state index contributed by atoms with van der Waals surface area (Å²) in [4.78, 5) is 23.3. The molecule has 0 radical (unpaired) electrons. The van der Waals surface area contributed by atoms with Crippen molar-refractivity contribution in [3.63, 3.8) is 0 Å². The Kier molecular flexibility index (Phi) is 5.91. The predicted octanol–water partition coefficient (Wildman–Crippen LogP) is 1.48. The zero-order valence-corrected chi connectivity index (χ0v) is 16.1. The minimum atomic E-state index is -3.81. The molecule has 0 spiro atoms. The first-order valence-electron chi connectivity index (χ1n) is 7.79. The Balaban J connectivity index is 2.24. The highest BCUT2D eigenvalue weighted by Gasteiger charge is 2.24. The molecule has 0 aliphatic rings. The molecule has 2 N–H and O–H groups in total. The monoisotopic (exact) mass is 396 g/mol. The molecule has 1 heterocycles. The summed E-state index contributed by atoms with van der Waals surface area (Å²) in [5.41, 5.74) is 0.126. The standard InChI is InChI=1S/C17H20N2O7S/c1-10-13(17(21)22)8-12(26-10)9-18-16(20)11-5-6-14(25-4)15(7-11)27(23,24)19(2)3/h5-8H,9H2,1-4H3,(H,18,20)(H,21,22). The van der Waals surface area contributed by atoms with Gasteiger partial charge in [0.2, 0.25) is 10.0 Å². The maximum absolute atomic E-state index is 12.4. The van der Waals surface area contributed by atoms with Crippen molar-refractivity contribution in [3.05, 3.63) is 46.9 Å². The van der Waals surface area contributed by atoms with Crippen LogP contribution >= 0.6 is 0 Å². The third kappa shape index (κ3) is 4.29. The maximum atomic E-state index is 12.4. The van der Waals surface area contributed by atoms with Gasteiger partial charge in [-0.15, -0.1) is 0 Å². The average Bonchev–Trinajstić information content (AvgIpc) is 2.99. The Bertz CT molecular complexity index is 977. The molecule has 0 aliphatic heterocycles. The zero-order valence-electron chi connectivity index (χ0n) is 15.3. The lowest BCUT2D eigenvalue weighted by Gasteiger charge is -2.15. The molecule has 0 unspecified atom stereocenters. The summed E-state index contributed by atoms with van der Waals surface area (Å²) in [5.74, 6) is -1.04. The Hall–Kier alpha value is -2.85. The van der Waals surface area contributed by atoms with Gasteiger partial charge in [-0.2, -0.15) is 0 Å². The van der Waals surface area contributed by atoms with Gasteiger partial charge in [0.05, 0.1) is 13.7 Å². The van der Waals surface area contributed by atoms with E-state index in [1.165, 1.54) is 52.4 Å². The molecule has 0 fully saturated rings. The molecule has 0 saturated heterocycles. The van der Waals surface area contributed by atoms with E-state index in [4.69, 9.17) is 14.3 Å². The van der Waals surface area contributed by atoms with Crippen molar-refractivity contribution in [1.29, 1.82) is 0 Å². The van der Waals surface area contributed by atoms with Crippen LogP contribution in [-0.2, 0) is 16.6 Å². The Labute approximate surface area is 156 Å². The van der Waals surface area contributed by atoms with Gasteiger partial charge < -0.3 is 19.6 Å². The second-order valence-corrected chi connectivity index (χ2v) is 7.94. The van der Waals surface area contributed by atoms with Crippen molar-refractivity contribution in [2.24, 2.45) is 0 Å². The summed E-state index contributed by atoms with van der Waals surface area (Å²) < 4.78 is 36.2. The molecule has 9 nitrogen and oxygen atoms in total. The number of methoxy groups -OCH3 is 1. The minimum Gasteiger partial charge on any atom is -0.495 e. The summed E-state index contributed by atoms with van der Waals surface area (Å²) in [5, 5.41) is 11.6. The van der Waals surface area contributed by atoms with Crippen molar-refractivity contribution >= 4 is 21.9 Å². The van der Waals surface area contributed by atoms with Crippen LogP contribution in [0.25, 0.3) is 0 Å². The van der Waals surface area contributed by atoms with Crippen LogP contribution < -0.4 is 10.1 Å². The number of rotatable bonds is 7. The van der Waals surface area contributed by atoms with E-state index >= 15 is 0 Å². The van der Waals surface area contributed by atoms with Crippen molar-refractivity contribution < 1.29 is 32.3 Å². The number of ether oxygens (including phenoxy) is 1.